The Morgan fingerprint density at radius 1 is 1.25 bits per heavy atom. The lowest BCUT2D eigenvalue weighted by molar-refractivity contribution is -0.133. The number of carbonyl (C=O) groups is 1. The van der Waals surface area contributed by atoms with Crippen LogP contribution in [0.2, 0.25) is 0 Å². The molecule has 16 heavy (non-hydrogen) atoms. The van der Waals surface area contributed by atoms with E-state index in [1.54, 1.807) is 18.7 Å². The van der Waals surface area contributed by atoms with E-state index in [-0.39, 0.29) is 22.3 Å². The van der Waals surface area contributed by atoms with Crippen molar-refractivity contribution in [2.75, 3.05) is 13.1 Å². The van der Waals surface area contributed by atoms with E-state index in [1.807, 2.05) is 13.8 Å². The third kappa shape index (κ3) is 2.56. The highest BCUT2D eigenvalue weighted by Gasteiger charge is 2.36. The van der Waals surface area contributed by atoms with Gasteiger partial charge in [0.05, 0.1) is 10.5 Å². The van der Waals surface area contributed by atoms with Crippen LogP contribution in [0.3, 0.4) is 0 Å². The molecule has 0 aliphatic carbocycles. The number of rotatable bonds is 3. The van der Waals surface area contributed by atoms with Gasteiger partial charge in [0.1, 0.15) is 0 Å². The summed E-state index contributed by atoms with van der Waals surface area (Å²) >= 11 is 0. The monoisotopic (exact) mass is 247 g/mol. The number of hydrogen-bond acceptors (Lipinski definition) is 3. The average molecular weight is 247 g/mol. The fourth-order valence-corrected chi connectivity index (χ4v) is 3.54. The van der Waals surface area contributed by atoms with Crippen molar-refractivity contribution in [3.8, 4) is 0 Å². The third-order valence-electron chi connectivity index (χ3n) is 3.07. The SMILES string of the molecule is CC(C)C(=O)N1CCC(S(=O)(=O)C(C)C)C1. The van der Waals surface area contributed by atoms with Crippen LogP contribution in [0.25, 0.3) is 0 Å². The van der Waals surface area contributed by atoms with E-state index in [1.165, 1.54) is 0 Å². The Balaban J connectivity index is 2.70. The molecule has 1 atom stereocenters. The van der Waals surface area contributed by atoms with E-state index in [9.17, 15) is 13.2 Å². The second kappa shape index (κ2) is 4.73. The fraction of sp³-hybridized carbons (Fsp3) is 0.909. The first-order valence-electron chi connectivity index (χ1n) is 5.78. The summed E-state index contributed by atoms with van der Waals surface area (Å²) in [6.07, 6.45) is 0.582. The molecule has 5 heteroatoms. The van der Waals surface area contributed by atoms with Crippen molar-refractivity contribution in [1.29, 1.82) is 0 Å². The van der Waals surface area contributed by atoms with Crippen LogP contribution in [-0.4, -0.2) is 42.8 Å². The Hall–Kier alpha value is -0.580. The normalized spacial score (nSPS) is 22.1. The maximum atomic E-state index is 11.9. The van der Waals surface area contributed by atoms with Crippen molar-refractivity contribution in [1.82, 2.24) is 4.90 Å². The quantitative estimate of drug-likeness (QED) is 0.749. The van der Waals surface area contributed by atoms with Gasteiger partial charge in [-0.05, 0) is 20.3 Å². The molecular formula is C11H21NO3S. The van der Waals surface area contributed by atoms with Gasteiger partial charge in [-0.15, -0.1) is 0 Å². The van der Waals surface area contributed by atoms with Gasteiger partial charge in [-0.25, -0.2) is 8.42 Å². The van der Waals surface area contributed by atoms with E-state index < -0.39 is 9.84 Å². The lowest BCUT2D eigenvalue weighted by atomic mass is 10.2. The Morgan fingerprint density at radius 3 is 2.25 bits per heavy atom. The first kappa shape index (κ1) is 13.5. The molecule has 1 aliphatic rings. The van der Waals surface area contributed by atoms with E-state index >= 15 is 0 Å². The molecule has 0 saturated carbocycles. The fourth-order valence-electron chi connectivity index (χ4n) is 1.95. The van der Waals surface area contributed by atoms with Gasteiger partial charge in [0.15, 0.2) is 9.84 Å². The van der Waals surface area contributed by atoms with Gasteiger partial charge in [-0.1, -0.05) is 13.8 Å². The number of hydrogen-bond donors (Lipinski definition) is 0. The summed E-state index contributed by atoms with van der Waals surface area (Å²) in [5.41, 5.74) is 0. The van der Waals surface area contributed by atoms with E-state index in [0.29, 0.717) is 19.5 Å². The van der Waals surface area contributed by atoms with Crippen LogP contribution in [0.4, 0.5) is 0 Å². The minimum Gasteiger partial charge on any atom is -0.341 e. The predicted molar refractivity (Wildman–Crippen MR) is 63.9 cm³/mol. The Labute approximate surface area is 97.9 Å². The van der Waals surface area contributed by atoms with E-state index in [2.05, 4.69) is 0 Å². The number of carbonyl (C=O) groups excluding carboxylic acids is 1. The molecular weight excluding hydrogens is 226 g/mol. The molecule has 0 aromatic heterocycles. The van der Waals surface area contributed by atoms with Gasteiger partial charge in [-0.3, -0.25) is 4.79 Å². The molecule has 0 spiro atoms. The largest absolute Gasteiger partial charge is 0.341 e. The first-order chi connectivity index (χ1) is 7.26. The van der Waals surface area contributed by atoms with Crippen molar-refractivity contribution in [3.05, 3.63) is 0 Å². The maximum Gasteiger partial charge on any atom is 0.225 e. The maximum absolute atomic E-state index is 11.9. The van der Waals surface area contributed by atoms with E-state index in [0.717, 1.165) is 0 Å². The zero-order chi connectivity index (χ0) is 12.5. The molecule has 1 heterocycles. The average Bonchev–Trinajstić information content (AvgIpc) is 2.65. The Bertz CT molecular complexity index is 359. The molecule has 1 rings (SSSR count). The predicted octanol–water partition coefficient (Wildman–Crippen LogP) is 1.07. The lowest BCUT2D eigenvalue weighted by Gasteiger charge is -2.19. The highest BCUT2D eigenvalue weighted by Crippen LogP contribution is 2.21. The Morgan fingerprint density at radius 2 is 1.81 bits per heavy atom. The van der Waals surface area contributed by atoms with Crippen molar-refractivity contribution < 1.29 is 13.2 Å². The van der Waals surface area contributed by atoms with Gasteiger partial charge < -0.3 is 4.90 Å². The summed E-state index contributed by atoms with van der Waals surface area (Å²) in [4.78, 5) is 13.4. The van der Waals surface area contributed by atoms with Crippen molar-refractivity contribution in [2.24, 2.45) is 5.92 Å². The molecule has 0 N–H and O–H groups in total. The summed E-state index contributed by atoms with van der Waals surface area (Å²) in [6.45, 7) is 8.02. The molecule has 0 aromatic carbocycles. The smallest absolute Gasteiger partial charge is 0.225 e. The van der Waals surface area contributed by atoms with Crippen molar-refractivity contribution in [2.45, 2.75) is 44.6 Å². The summed E-state index contributed by atoms with van der Waals surface area (Å²) in [5, 5.41) is -0.721. The van der Waals surface area contributed by atoms with Crippen LogP contribution in [-0.2, 0) is 14.6 Å². The molecule has 0 radical (unpaired) electrons. The molecule has 1 fully saturated rings. The topological polar surface area (TPSA) is 54.5 Å². The molecule has 4 nitrogen and oxygen atoms in total. The molecule has 1 saturated heterocycles. The van der Waals surface area contributed by atoms with Crippen LogP contribution in [0.15, 0.2) is 0 Å². The highest BCUT2D eigenvalue weighted by atomic mass is 32.2. The van der Waals surface area contributed by atoms with E-state index in [4.69, 9.17) is 0 Å². The molecule has 0 bridgehead atoms. The molecule has 94 valence electrons. The number of nitrogens with zero attached hydrogens (tertiary/aromatic N) is 1. The minimum absolute atomic E-state index is 0.0551. The first-order valence-corrected chi connectivity index (χ1v) is 7.39. The van der Waals surface area contributed by atoms with Crippen molar-refractivity contribution >= 4 is 15.7 Å². The van der Waals surface area contributed by atoms with Crippen LogP contribution < -0.4 is 0 Å². The number of likely N-dealkylation sites (tertiary alicyclic amines) is 1. The summed E-state index contributed by atoms with van der Waals surface area (Å²) in [6, 6.07) is 0. The standard InChI is InChI=1S/C11H21NO3S/c1-8(2)11(13)12-6-5-10(7-12)16(14,15)9(3)4/h8-10H,5-7H2,1-4H3. The zero-order valence-electron chi connectivity index (χ0n) is 10.4. The van der Waals surface area contributed by atoms with Crippen molar-refractivity contribution in [3.63, 3.8) is 0 Å². The second-order valence-corrected chi connectivity index (χ2v) is 7.77. The van der Waals surface area contributed by atoms with Crippen LogP contribution in [0.5, 0.6) is 0 Å². The van der Waals surface area contributed by atoms with Gasteiger partial charge in [0, 0.05) is 19.0 Å². The van der Waals surface area contributed by atoms with Crippen LogP contribution in [0.1, 0.15) is 34.1 Å². The lowest BCUT2D eigenvalue weighted by Crippen LogP contribution is -2.36. The second-order valence-electron chi connectivity index (χ2n) is 4.99. The summed E-state index contributed by atoms with van der Waals surface area (Å²) in [7, 11) is -3.06. The van der Waals surface area contributed by atoms with Gasteiger partial charge in [0.25, 0.3) is 0 Å². The molecule has 0 aromatic rings. The molecule has 1 aliphatic heterocycles. The van der Waals surface area contributed by atoms with Gasteiger partial charge in [-0.2, -0.15) is 0 Å². The third-order valence-corrected chi connectivity index (χ3v) is 5.70. The molecule has 1 amide bonds. The van der Waals surface area contributed by atoms with Crippen LogP contribution in [0, 0.1) is 5.92 Å². The number of sulfone groups is 1. The van der Waals surface area contributed by atoms with Gasteiger partial charge >= 0.3 is 0 Å². The Kier molecular flexibility index (Phi) is 3.99. The molecule has 1 unspecified atom stereocenters. The summed E-state index contributed by atoms with van der Waals surface area (Å²) < 4.78 is 23.9. The summed E-state index contributed by atoms with van der Waals surface area (Å²) in [5.74, 6) is 0.00182. The van der Waals surface area contributed by atoms with Crippen LogP contribution >= 0.6 is 0 Å². The zero-order valence-corrected chi connectivity index (χ0v) is 11.3. The minimum atomic E-state index is -3.06. The highest BCUT2D eigenvalue weighted by molar-refractivity contribution is 7.92. The van der Waals surface area contributed by atoms with Gasteiger partial charge in [0.2, 0.25) is 5.91 Å². The number of amides is 1.